The van der Waals surface area contributed by atoms with Crippen molar-refractivity contribution in [2.45, 2.75) is 73.0 Å². The van der Waals surface area contributed by atoms with Crippen LogP contribution in [0.15, 0.2) is 0 Å². The molecule has 1 amide bonds. The third kappa shape index (κ3) is 7.20. The van der Waals surface area contributed by atoms with Crippen molar-refractivity contribution in [3.8, 4) is 0 Å². The molecule has 0 radical (unpaired) electrons. The molecule has 0 atom stereocenters. The van der Waals surface area contributed by atoms with Gasteiger partial charge in [-0.15, -0.1) is 0 Å². The lowest BCUT2D eigenvalue weighted by molar-refractivity contribution is -0.161. The van der Waals surface area contributed by atoms with Crippen LogP contribution < -0.4 is 0 Å². The van der Waals surface area contributed by atoms with Gasteiger partial charge in [0.2, 0.25) is 5.91 Å². The molecule has 140 valence electrons. The first-order chi connectivity index (χ1) is 11.0. The number of hydrogen-bond acceptors (Lipinski definition) is 4. The van der Waals surface area contributed by atoms with Crippen LogP contribution in [0.25, 0.3) is 0 Å². The van der Waals surface area contributed by atoms with Gasteiger partial charge in [-0.25, -0.2) is 0 Å². The van der Waals surface area contributed by atoms with Crippen molar-refractivity contribution in [2.24, 2.45) is 11.8 Å². The molecule has 0 aromatic carbocycles. The quantitative estimate of drug-likeness (QED) is 0.698. The highest BCUT2D eigenvalue weighted by Gasteiger charge is 2.30. The Labute approximate surface area is 147 Å². The summed E-state index contributed by atoms with van der Waals surface area (Å²) >= 11 is 0. The van der Waals surface area contributed by atoms with Gasteiger partial charge in [-0.1, -0.05) is 13.8 Å². The van der Waals surface area contributed by atoms with Crippen molar-refractivity contribution in [3.05, 3.63) is 0 Å². The molecule has 1 rings (SSSR count). The van der Waals surface area contributed by atoms with E-state index in [2.05, 4.69) is 32.6 Å². The SMILES string of the molecule is CC(C)CN(C(=O)CN1CCC(C(=O)OC(C)(C)C)CC1)C(C)C. The zero-order valence-electron chi connectivity index (χ0n) is 16.6. The first-order valence-electron chi connectivity index (χ1n) is 9.24. The lowest BCUT2D eigenvalue weighted by Gasteiger charge is -2.35. The summed E-state index contributed by atoms with van der Waals surface area (Å²) in [6.45, 7) is 16.9. The van der Waals surface area contributed by atoms with Gasteiger partial charge >= 0.3 is 5.97 Å². The van der Waals surface area contributed by atoms with Crippen molar-refractivity contribution >= 4 is 11.9 Å². The number of esters is 1. The highest BCUT2D eigenvalue weighted by atomic mass is 16.6. The molecule has 24 heavy (non-hydrogen) atoms. The van der Waals surface area contributed by atoms with Gasteiger partial charge in [-0.05, 0) is 66.5 Å². The van der Waals surface area contributed by atoms with Crippen LogP contribution in [0, 0.1) is 11.8 Å². The summed E-state index contributed by atoms with van der Waals surface area (Å²) in [5.41, 5.74) is -0.432. The van der Waals surface area contributed by atoms with Gasteiger partial charge in [0.1, 0.15) is 5.60 Å². The summed E-state index contributed by atoms with van der Waals surface area (Å²) in [7, 11) is 0. The molecular weight excluding hydrogens is 304 g/mol. The van der Waals surface area contributed by atoms with Gasteiger partial charge in [0.15, 0.2) is 0 Å². The first kappa shape index (κ1) is 20.9. The summed E-state index contributed by atoms with van der Waals surface area (Å²) in [5.74, 6) is 0.521. The molecule has 0 N–H and O–H groups in total. The highest BCUT2D eigenvalue weighted by molar-refractivity contribution is 5.78. The van der Waals surface area contributed by atoms with E-state index in [0.717, 1.165) is 32.5 Å². The summed E-state index contributed by atoms with van der Waals surface area (Å²) in [6.07, 6.45) is 1.54. The Hall–Kier alpha value is -1.10. The number of likely N-dealkylation sites (tertiary alicyclic amines) is 1. The minimum Gasteiger partial charge on any atom is -0.460 e. The van der Waals surface area contributed by atoms with E-state index in [1.165, 1.54) is 0 Å². The van der Waals surface area contributed by atoms with Crippen LogP contribution in [-0.2, 0) is 14.3 Å². The molecule has 1 aliphatic rings. The molecule has 0 aliphatic carbocycles. The molecule has 0 unspecified atom stereocenters. The van der Waals surface area contributed by atoms with Crippen LogP contribution in [0.2, 0.25) is 0 Å². The topological polar surface area (TPSA) is 49.9 Å². The first-order valence-corrected chi connectivity index (χ1v) is 9.24. The number of hydrogen-bond donors (Lipinski definition) is 0. The average Bonchev–Trinajstić information content (AvgIpc) is 2.43. The Bertz CT molecular complexity index is 419. The Balaban J connectivity index is 2.47. The maximum atomic E-state index is 12.6. The fraction of sp³-hybridized carbons (Fsp3) is 0.895. The van der Waals surface area contributed by atoms with E-state index < -0.39 is 5.60 Å². The summed E-state index contributed by atoms with van der Waals surface area (Å²) in [4.78, 5) is 28.9. The lowest BCUT2D eigenvalue weighted by atomic mass is 9.96. The van der Waals surface area contributed by atoms with Gasteiger partial charge in [0.05, 0.1) is 12.5 Å². The molecule has 1 heterocycles. The fourth-order valence-corrected chi connectivity index (χ4v) is 2.99. The molecule has 5 heteroatoms. The molecule has 5 nitrogen and oxygen atoms in total. The largest absolute Gasteiger partial charge is 0.460 e. The van der Waals surface area contributed by atoms with Crippen LogP contribution in [0.1, 0.15) is 61.3 Å². The minimum absolute atomic E-state index is 0.0348. The summed E-state index contributed by atoms with van der Waals surface area (Å²) in [6, 6.07) is 0.221. The molecular formula is C19H36N2O3. The second-order valence-corrected chi connectivity index (χ2v) is 8.62. The van der Waals surface area contributed by atoms with Crippen LogP contribution >= 0.6 is 0 Å². The average molecular weight is 341 g/mol. The lowest BCUT2D eigenvalue weighted by Crippen LogP contribution is -2.47. The Morgan fingerprint density at radius 3 is 2.08 bits per heavy atom. The highest BCUT2D eigenvalue weighted by Crippen LogP contribution is 2.21. The second kappa shape index (κ2) is 8.84. The zero-order chi connectivity index (χ0) is 18.5. The molecule has 0 aromatic rings. The predicted molar refractivity (Wildman–Crippen MR) is 96.7 cm³/mol. The maximum absolute atomic E-state index is 12.6. The summed E-state index contributed by atoms with van der Waals surface area (Å²) < 4.78 is 5.47. The Morgan fingerprint density at radius 1 is 1.12 bits per heavy atom. The van der Waals surface area contributed by atoms with Crippen molar-refractivity contribution in [1.82, 2.24) is 9.80 Å². The molecule has 0 aromatic heterocycles. The van der Waals surface area contributed by atoms with Crippen LogP contribution in [-0.4, -0.2) is 59.5 Å². The van der Waals surface area contributed by atoms with E-state index in [1.807, 2.05) is 25.7 Å². The minimum atomic E-state index is -0.432. The standard InChI is InChI=1S/C19H36N2O3/c1-14(2)12-21(15(3)4)17(22)13-20-10-8-16(9-11-20)18(23)24-19(5,6)7/h14-16H,8-13H2,1-7H3. The molecule has 1 saturated heterocycles. The molecule has 1 fully saturated rings. The normalized spacial score (nSPS) is 17.4. The Morgan fingerprint density at radius 2 is 1.67 bits per heavy atom. The molecule has 0 saturated carbocycles. The number of amides is 1. The molecule has 1 aliphatic heterocycles. The van der Waals surface area contributed by atoms with Gasteiger partial charge in [0, 0.05) is 12.6 Å². The van der Waals surface area contributed by atoms with Crippen molar-refractivity contribution in [1.29, 1.82) is 0 Å². The van der Waals surface area contributed by atoms with E-state index in [0.29, 0.717) is 12.5 Å². The van der Waals surface area contributed by atoms with Crippen molar-refractivity contribution < 1.29 is 14.3 Å². The smallest absolute Gasteiger partial charge is 0.309 e. The number of nitrogens with zero attached hydrogens (tertiary/aromatic N) is 2. The van der Waals surface area contributed by atoms with E-state index >= 15 is 0 Å². The van der Waals surface area contributed by atoms with Crippen molar-refractivity contribution in [2.75, 3.05) is 26.2 Å². The van der Waals surface area contributed by atoms with E-state index in [-0.39, 0.29) is 23.8 Å². The Kier molecular flexibility index (Phi) is 7.71. The number of ether oxygens (including phenoxy) is 1. The molecule has 0 bridgehead atoms. The third-order valence-electron chi connectivity index (χ3n) is 4.19. The summed E-state index contributed by atoms with van der Waals surface area (Å²) in [5, 5.41) is 0. The monoisotopic (exact) mass is 340 g/mol. The van der Waals surface area contributed by atoms with Crippen LogP contribution in [0.4, 0.5) is 0 Å². The van der Waals surface area contributed by atoms with Gasteiger partial charge in [-0.3, -0.25) is 14.5 Å². The number of piperidine rings is 1. The number of rotatable bonds is 6. The van der Waals surface area contributed by atoms with E-state index in [9.17, 15) is 9.59 Å². The van der Waals surface area contributed by atoms with Crippen LogP contribution in [0.5, 0.6) is 0 Å². The van der Waals surface area contributed by atoms with Gasteiger partial charge in [-0.2, -0.15) is 0 Å². The van der Waals surface area contributed by atoms with E-state index in [4.69, 9.17) is 4.74 Å². The second-order valence-electron chi connectivity index (χ2n) is 8.62. The van der Waals surface area contributed by atoms with Gasteiger partial charge < -0.3 is 9.64 Å². The third-order valence-corrected chi connectivity index (χ3v) is 4.19. The maximum Gasteiger partial charge on any atom is 0.309 e. The molecule has 0 spiro atoms. The predicted octanol–water partition coefficient (Wildman–Crippen LogP) is 2.93. The van der Waals surface area contributed by atoms with Gasteiger partial charge in [0.25, 0.3) is 0 Å². The number of carbonyl (C=O) groups is 2. The zero-order valence-corrected chi connectivity index (χ0v) is 16.6. The fourth-order valence-electron chi connectivity index (χ4n) is 2.99. The van der Waals surface area contributed by atoms with E-state index in [1.54, 1.807) is 0 Å². The number of carbonyl (C=O) groups excluding carboxylic acids is 2. The van der Waals surface area contributed by atoms with Crippen LogP contribution in [0.3, 0.4) is 0 Å². The van der Waals surface area contributed by atoms with Crippen molar-refractivity contribution in [3.63, 3.8) is 0 Å².